The number of nitrogens with zero attached hydrogens (tertiary/aromatic N) is 2. The minimum absolute atomic E-state index is 0.0401. The van der Waals surface area contributed by atoms with Gasteiger partial charge < -0.3 is 14.6 Å². The first kappa shape index (κ1) is 16.8. The molecule has 1 amide bonds. The fourth-order valence-corrected chi connectivity index (χ4v) is 1.33. The molecule has 2 N–H and O–H groups in total. The molecule has 116 valence electrons. The van der Waals surface area contributed by atoms with Crippen LogP contribution in [-0.2, 0) is 14.3 Å². The summed E-state index contributed by atoms with van der Waals surface area (Å²) < 4.78 is 9.50. The second-order valence-electron chi connectivity index (χ2n) is 5.26. The van der Waals surface area contributed by atoms with Gasteiger partial charge in [0, 0.05) is 18.0 Å². The summed E-state index contributed by atoms with van der Waals surface area (Å²) in [6.45, 7) is 5.21. The minimum Gasteiger partial charge on any atom is -0.469 e. The zero-order valence-corrected chi connectivity index (χ0v) is 12.4. The molecule has 0 saturated heterocycles. The second kappa shape index (κ2) is 6.98. The number of methoxy groups -OCH3 is 1. The van der Waals surface area contributed by atoms with Crippen LogP contribution in [0.3, 0.4) is 0 Å². The summed E-state index contributed by atoms with van der Waals surface area (Å²) in [4.78, 5) is 30.3. The first-order valence-electron chi connectivity index (χ1n) is 6.28. The van der Waals surface area contributed by atoms with E-state index in [1.54, 1.807) is 20.8 Å². The van der Waals surface area contributed by atoms with Gasteiger partial charge >= 0.3 is 12.1 Å². The summed E-state index contributed by atoms with van der Waals surface area (Å²) in [6.07, 6.45) is 0.692. The monoisotopic (exact) mass is 297 g/mol. The van der Waals surface area contributed by atoms with Gasteiger partial charge in [0.2, 0.25) is 5.95 Å². The van der Waals surface area contributed by atoms with E-state index in [1.165, 1.54) is 19.5 Å². The van der Waals surface area contributed by atoms with Gasteiger partial charge in [0.05, 0.1) is 19.6 Å². The van der Waals surface area contributed by atoms with Crippen molar-refractivity contribution >= 4 is 18.0 Å². The van der Waals surface area contributed by atoms with Crippen molar-refractivity contribution in [3.8, 4) is 0 Å². The maximum absolute atomic E-state index is 11.5. The van der Waals surface area contributed by atoms with Gasteiger partial charge in [0.15, 0.2) is 0 Å². The van der Waals surface area contributed by atoms with Crippen molar-refractivity contribution in [2.75, 3.05) is 12.4 Å². The van der Waals surface area contributed by atoms with E-state index in [4.69, 9.17) is 4.74 Å². The first-order chi connectivity index (χ1) is 9.71. The van der Waals surface area contributed by atoms with Crippen LogP contribution in [0.25, 0.3) is 0 Å². The van der Waals surface area contributed by atoms with Gasteiger partial charge in [-0.2, -0.15) is 0 Å². The Bertz CT molecular complexity index is 496. The molecule has 21 heavy (non-hydrogen) atoms. The van der Waals surface area contributed by atoms with Crippen LogP contribution in [-0.4, -0.2) is 39.8 Å². The van der Waals surface area contributed by atoms with E-state index in [0.29, 0.717) is 5.56 Å². The van der Waals surface area contributed by atoms with Crippen molar-refractivity contribution in [2.24, 2.45) is 0 Å². The normalized spacial score (nSPS) is 12.4. The number of amides is 1. The molecule has 0 radical (unpaired) electrons. The number of carbonyl (C=O) groups excluding carboxylic acids is 2. The molecule has 0 spiro atoms. The number of nitrogens with one attached hydrogen (secondary N) is 1. The number of anilines is 1. The molecule has 1 rings (SSSR count). The Morgan fingerprint density at radius 2 is 1.90 bits per heavy atom. The minimum atomic E-state index is -1.06. The average molecular weight is 297 g/mol. The lowest BCUT2D eigenvalue weighted by Gasteiger charge is -2.19. The molecule has 1 heterocycles. The van der Waals surface area contributed by atoms with E-state index in [0.717, 1.165) is 0 Å². The topological polar surface area (TPSA) is 111 Å². The molecule has 1 atom stereocenters. The summed E-state index contributed by atoms with van der Waals surface area (Å²) in [7, 11) is 1.24. The third-order valence-corrected chi connectivity index (χ3v) is 2.26. The van der Waals surface area contributed by atoms with Crippen molar-refractivity contribution in [3.05, 3.63) is 18.0 Å². The molecule has 0 fully saturated rings. The maximum Gasteiger partial charge on any atom is 0.414 e. The quantitative estimate of drug-likeness (QED) is 0.808. The van der Waals surface area contributed by atoms with Gasteiger partial charge in [-0.15, -0.1) is 0 Å². The van der Waals surface area contributed by atoms with Crippen molar-refractivity contribution in [3.63, 3.8) is 0 Å². The predicted molar refractivity (Wildman–Crippen MR) is 73.5 cm³/mol. The molecule has 0 aliphatic rings. The second-order valence-corrected chi connectivity index (χ2v) is 5.26. The lowest BCUT2D eigenvalue weighted by molar-refractivity contribution is -0.142. The molecular weight excluding hydrogens is 278 g/mol. The molecule has 1 unspecified atom stereocenters. The zero-order chi connectivity index (χ0) is 16.0. The van der Waals surface area contributed by atoms with Crippen LogP contribution >= 0.6 is 0 Å². The summed E-state index contributed by atoms with van der Waals surface area (Å²) in [5.41, 5.74) is -0.282. The lowest BCUT2D eigenvalue weighted by atomic mass is 10.1. The van der Waals surface area contributed by atoms with Gasteiger partial charge in [-0.1, -0.05) is 0 Å². The van der Waals surface area contributed by atoms with Gasteiger partial charge in [-0.3, -0.25) is 10.1 Å². The van der Waals surface area contributed by atoms with Crippen LogP contribution in [0.2, 0.25) is 0 Å². The van der Waals surface area contributed by atoms with Gasteiger partial charge in [0.1, 0.15) is 5.60 Å². The van der Waals surface area contributed by atoms with Crippen molar-refractivity contribution in [1.82, 2.24) is 9.97 Å². The molecule has 1 aromatic rings. The van der Waals surface area contributed by atoms with E-state index >= 15 is 0 Å². The molecule has 0 aromatic carbocycles. The molecular formula is C13H19N3O5. The highest BCUT2D eigenvalue weighted by Crippen LogP contribution is 2.16. The number of hydrogen-bond donors (Lipinski definition) is 2. The molecule has 8 nitrogen and oxygen atoms in total. The number of rotatable bonds is 4. The fourth-order valence-electron chi connectivity index (χ4n) is 1.33. The van der Waals surface area contributed by atoms with Crippen LogP contribution < -0.4 is 5.32 Å². The Labute approximate surface area is 122 Å². The Morgan fingerprint density at radius 3 is 2.38 bits per heavy atom. The maximum atomic E-state index is 11.5. The number of aromatic nitrogens is 2. The van der Waals surface area contributed by atoms with Gasteiger partial charge in [-0.05, 0) is 20.8 Å². The first-order valence-corrected chi connectivity index (χ1v) is 6.28. The highest BCUT2D eigenvalue weighted by atomic mass is 16.6. The largest absolute Gasteiger partial charge is 0.469 e. The third-order valence-electron chi connectivity index (χ3n) is 2.26. The molecule has 0 aliphatic heterocycles. The molecule has 8 heteroatoms. The van der Waals surface area contributed by atoms with E-state index in [-0.39, 0.29) is 12.4 Å². The Balaban J connectivity index is 2.62. The van der Waals surface area contributed by atoms with Crippen molar-refractivity contribution < 1.29 is 24.2 Å². The summed E-state index contributed by atoms with van der Waals surface area (Å²) in [6, 6.07) is 0. The highest BCUT2D eigenvalue weighted by Gasteiger charge is 2.18. The smallest absolute Gasteiger partial charge is 0.414 e. The van der Waals surface area contributed by atoms with Crippen molar-refractivity contribution in [2.45, 2.75) is 38.9 Å². The molecule has 1 aromatic heterocycles. The molecule has 0 bridgehead atoms. The fraction of sp³-hybridized carbons (Fsp3) is 0.538. The SMILES string of the molecule is COC(=O)CC(O)c1cnc(NC(=O)OC(C)(C)C)nc1. The summed E-state index contributed by atoms with van der Waals surface area (Å²) in [5.74, 6) is -0.503. The predicted octanol–water partition coefficient (Wildman–Crippen LogP) is 1.42. The Morgan fingerprint density at radius 1 is 1.33 bits per heavy atom. The number of hydrogen-bond acceptors (Lipinski definition) is 7. The van der Waals surface area contributed by atoms with Gasteiger partial charge in [0.25, 0.3) is 0 Å². The van der Waals surface area contributed by atoms with Crippen LogP contribution in [0.4, 0.5) is 10.7 Å². The lowest BCUT2D eigenvalue weighted by Crippen LogP contribution is -2.27. The number of carbonyl (C=O) groups is 2. The van der Waals surface area contributed by atoms with Crippen molar-refractivity contribution in [1.29, 1.82) is 0 Å². The number of ether oxygens (including phenoxy) is 2. The zero-order valence-electron chi connectivity index (χ0n) is 12.4. The Hall–Kier alpha value is -2.22. The average Bonchev–Trinajstić information content (AvgIpc) is 2.36. The Kier molecular flexibility index (Phi) is 5.60. The van der Waals surface area contributed by atoms with Crippen LogP contribution in [0.1, 0.15) is 38.9 Å². The standard InChI is InChI=1S/C13H19N3O5/c1-13(2,3)21-12(19)16-11-14-6-8(7-15-11)9(17)5-10(18)20-4/h6-7,9,17H,5H2,1-4H3,(H,14,15,16,19). The van der Waals surface area contributed by atoms with E-state index < -0.39 is 23.8 Å². The highest BCUT2D eigenvalue weighted by molar-refractivity contribution is 5.82. The molecule has 0 aliphatic carbocycles. The number of aliphatic hydroxyl groups excluding tert-OH is 1. The van der Waals surface area contributed by atoms with Crippen LogP contribution in [0.5, 0.6) is 0 Å². The molecule has 0 saturated carbocycles. The summed E-state index contributed by atoms with van der Waals surface area (Å²) in [5, 5.41) is 12.1. The van der Waals surface area contributed by atoms with Crippen LogP contribution in [0.15, 0.2) is 12.4 Å². The summed E-state index contributed by atoms with van der Waals surface area (Å²) >= 11 is 0. The van der Waals surface area contributed by atoms with E-state index in [9.17, 15) is 14.7 Å². The van der Waals surface area contributed by atoms with E-state index in [2.05, 4.69) is 20.0 Å². The number of esters is 1. The third kappa shape index (κ3) is 6.17. The van der Waals surface area contributed by atoms with Gasteiger partial charge in [-0.25, -0.2) is 14.8 Å². The van der Waals surface area contributed by atoms with Crippen LogP contribution in [0, 0.1) is 0 Å². The van der Waals surface area contributed by atoms with E-state index in [1.807, 2.05) is 0 Å². The number of aliphatic hydroxyl groups is 1.